The van der Waals surface area contributed by atoms with Gasteiger partial charge in [0.1, 0.15) is 22.3 Å². The van der Waals surface area contributed by atoms with Crippen LogP contribution in [-0.2, 0) is 6.42 Å². The van der Waals surface area contributed by atoms with E-state index in [4.69, 9.17) is 8.83 Å². The predicted octanol–water partition coefficient (Wildman–Crippen LogP) is 13.2. The number of rotatable bonds is 2. The molecular weight excluding hydrogens is 585 g/mol. The van der Waals surface area contributed by atoms with E-state index in [0.29, 0.717) is 0 Å². The molecule has 2 aromatic heterocycles. The van der Waals surface area contributed by atoms with Gasteiger partial charge in [0.15, 0.2) is 0 Å². The van der Waals surface area contributed by atoms with Crippen molar-refractivity contribution in [2.45, 2.75) is 12.8 Å². The Kier molecular flexibility index (Phi) is 5.25. The maximum atomic E-state index is 6.56. The van der Waals surface area contributed by atoms with Gasteiger partial charge in [0, 0.05) is 21.5 Å². The topological polar surface area (TPSA) is 26.3 Å². The van der Waals surface area contributed by atoms with Gasteiger partial charge in [0.05, 0.1) is 0 Å². The standard InChI is InChI=1S/C46H28O2/c1-3-11-31-27(9-1)19-23-39-45(31)37-21-17-29(25-41(37)47-39)43-33-13-5-7-15-35(33)44(36-16-8-6-14-34(36)43)30-18-22-38-42(26-30)48-40-24-20-28-10-2-4-12-32(28)46(38)40/h1-3,5-11,13-26H,4,12H2. The molecule has 0 bridgehead atoms. The molecule has 0 radical (unpaired) electrons. The number of benzene rings is 8. The van der Waals surface area contributed by atoms with Gasteiger partial charge in [0.25, 0.3) is 0 Å². The zero-order chi connectivity index (χ0) is 31.3. The Bertz CT molecular complexity index is 2950. The van der Waals surface area contributed by atoms with Gasteiger partial charge in [-0.05, 0) is 115 Å². The molecule has 48 heavy (non-hydrogen) atoms. The van der Waals surface area contributed by atoms with Gasteiger partial charge in [0.2, 0.25) is 0 Å². The number of hydrogen-bond donors (Lipinski definition) is 0. The molecule has 0 unspecified atom stereocenters. The minimum atomic E-state index is 0.907. The third-order valence-corrected chi connectivity index (χ3v) is 10.5. The van der Waals surface area contributed by atoms with E-state index in [-0.39, 0.29) is 0 Å². The van der Waals surface area contributed by atoms with Crippen LogP contribution in [0.15, 0.2) is 148 Å². The zero-order valence-electron chi connectivity index (χ0n) is 26.1. The largest absolute Gasteiger partial charge is 0.456 e. The van der Waals surface area contributed by atoms with Crippen molar-refractivity contribution in [3.05, 3.63) is 151 Å². The molecule has 11 rings (SSSR count). The van der Waals surface area contributed by atoms with Gasteiger partial charge in [-0.25, -0.2) is 0 Å². The number of fused-ring (bicyclic) bond motifs is 12. The average molecular weight is 613 g/mol. The third kappa shape index (κ3) is 3.57. The van der Waals surface area contributed by atoms with Gasteiger partial charge >= 0.3 is 0 Å². The van der Waals surface area contributed by atoms with Crippen LogP contribution in [0.2, 0.25) is 0 Å². The number of allylic oxidation sites excluding steroid dienone is 1. The first kappa shape index (κ1) is 26.0. The summed E-state index contributed by atoms with van der Waals surface area (Å²) in [5, 5.41) is 12.1. The summed E-state index contributed by atoms with van der Waals surface area (Å²) in [5.74, 6) is 0. The zero-order valence-corrected chi connectivity index (χ0v) is 26.1. The minimum Gasteiger partial charge on any atom is -0.456 e. The summed E-state index contributed by atoms with van der Waals surface area (Å²) in [6.45, 7) is 0. The molecule has 0 fully saturated rings. The Morgan fingerprint density at radius 2 is 0.958 bits per heavy atom. The van der Waals surface area contributed by atoms with Crippen LogP contribution in [-0.4, -0.2) is 0 Å². The second kappa shape index (κ2) is 9.70. The Labute approximate surface area is 276 Å². The average Bonchev–Trinajstić information content (AvgIpc) is 3.71. The molecule has 10 aromatic rings. The van der Waals surface area contributed by atoms with Crippen LogP contribution in [0.5, 0.6) is 0 Å². The van der Waals surface area contributed by atoms with Gasteiger partial charge in [-0.1, -0.05) is 109 Å². The molecule has 0 spiro atoms. The van der Waals surface area contributed by atoms with Crippen LogP contribution in [0.4, 0.5) is 0 Å². The molecule has 1 aliphatic carbocycles. The van der Waals surface area contributed by atoms with Crippen molar-refractivity contribution in [2.75, 3.05) is 0 Å². The fraction of sp³-hybridized carbons (Fsp3) is 0.0435. The summed E-state index contributed by atoms with van der Waals surface area (Å²) in [6, 6.07) is 48.3. The van der Waals surface area contributed by atoms with E-state index >= 15 is 0 Å². The molecule has 2 heterocycles. The Morgan fingerprint density at radius 1 is 0.417 bits per heavy atom. The minimum absolute atomic E-state index is 0.907. The van der Waals surface area contributed by atoms with Crippen molar-refractivity contribution < 1.29 is 8.83 Å². The van der Waals surface area contributed by atoms with Crippen LogP contribution in [0.1, 0.15) is 17.5 Å². The molecule has 8 aromatic carbocycles. The van der Waals surface area contributed by atoms with Crippen molar-refractivity contribution in [3.8, 4) is 22.3 Å². The normalized spacial score (nSPS) is 13.2. The Morgan fingerprint density at radius 3 is 1.60 bits per heavy atom. The first-order valence-electron chi connectivity index (χ1n) is 16.7. The molecule has 224 valence electrons. The lowest BCUT2D eigenvalue weighted by Gasteiger charge is -2.17. The van der Waals surface area contributed by atoms with Crippen LogP contribution in [0.25, 0.3) is 105 Å². The molecule has 2 nitrogen and oxygen atoms in total. The van der Waals surface area contributed by atoms with Gasteiger partial charge in [-0.2, -0.15) is 0 Å². The van der Waals surface area contributed by atoms with Crippen LogP contribution >= 0.6 is 0 Å². The SMILES string of the molecule is C1=Cc2ccc3oc4cc(-c5c6ccccc6c(-c6ccc7c(c6)oc6ccc8ccccc8c67)c6ccccc56)ccc4c3c2CC1. The predicted molar refractivity (Wildman–Crippen MR) is 202 cm³/mol. The second-order valence-electron chi connectivity index (χ2n) is 13.1. The van der Waals surface area contributed by atoms with Crippen LogP contribution < -0.4 is 0 Å². The summed E-state index contributed by atoms with van der Waals surface area (Å²) in [7, 11) is 0. The molecule has 0 N–H and O–H groups in total. The van der Waals surface area contributed by atoms with E-state index in [1.807, 2.05) is 0 Å². The summed E-state index contributed by atoms with van der Waals surface area (Å²) in [5.41, 5.74) is 11.2. The Balaban J connectivity index is 1.16. The lowest BCUT2D eigenvalue weighted by Crippen LogP contribution is -1.94. The van der Waals surface area contributed by atoms with Crippen molar-refractivity contribution in [2.24, 2.45) is 0 Å². The van der Waals surface area contributed by atoms with Crippen molar-refractivity contribution in [1.29, 1.82) is 0 Å². The van der Waals surface area contributed by atoms with Crippen LogP contribution in [0.3, 0.4) is 0 Å². The van der Waals surface area contributed by atoms with E-state index < -0.39 is 0 Å². The summed E-state index contributed by atoms with van der Waals surface area (Å²) >= 11 is 0. The lowest BCUT2D eigenvalue weighted by molar-refractivity contribution is 0.668. The van der Waals surface area contributed by atoms with E-state index in [0.717, 1.165) is 51.7 Å². The van der Waals surface area contributed by atoms with Gasteiger partial charge < -0.3 is 8.83 Å². The highest BCUT2D eigenvalue weighted by Gasteiger charge is 2.20. The highest BCUT2D eigenvalue weighted by atomic mass is 16.3. The molecule has 0 saturated heterocycles. The maximum Gasteiger partial charge on any atom is 0.136 e. The van der Waals surface area contributed by atoms with Crippen molar-refractivity contribution >= 4 is 82.3 Å². The molecule has 2 heteroatoms. The first-order valence-corrected chi connectivity index (χ1v) is 16.7. The van der Waals surface area contributed by atoms with Crippen molar-refractivity contribution in [3.63, 3.8) is 0 Å². The molecule has 0 aliphatic heterocycles. The first-order chi connectivity index (χ1) is 23.8. The number of furan rings is 2. The fourth-order valence-electron chi connectivity index (χ4n) is 8.43. The van der Waals surface area contributed by atoms with E-state index in [2.05, 4.69) is 146 Å². The van der Waals surface area contributed by atoms with Gasteiger partial charge in [-0.15, -0.1) is 0 Å². The highest BCUT2D eigenvalue weighted by Crippen LogP contribution is 2.46. The summed E-state index contributed by atoms with van der Waals surface area (Å²) < 4.78 is 13.1. The molecule has 0 saturated carbocycles. The highest BCUT2D eigenvalue weighted by molar-refractivity contribution is 6.24. The molecular formula is C46H28O2. The maximum absolute atomic E-state index is 6.56. The number of hydrogen-bond acceptors (Lipinski definition) is 2. The van der Waals surface area contributed by atoms with E-state index in [1.165, 1.54) is 70.7 Å². The number of aryl methyl sites for hydroxylation is 1. The van der Waals surface area contributed by atoms with Gasteiger partial charge in [-0.3, -0.25) is 0 Å². The third-order valence-electron chi connectivity index (χ3n) is 10.5. The molecule has 0 atom stereocenters. The van der Waals surface area contributed by atoms with E-state index in [1.54, 1.807) is 0 Å². The Hall–Kier alpha value is -6.12. The summed E-state index contributed by atoms with van der Waals surface area (Å²) in [6.07, 6.45) is 6.64. The summed E-state index contributed by atoms with van der Waals surface area (Å²) in [4.78, 5) is 0. The molecule has 0 amide bonds. The fourth-order valence-corrected chi connectivity index (χ4v) is 8.43. The molecule has 1 aliphatic rings. The smallest absolute Gasteiger partial charge is 0.136 e. The van der Waals surface area contributed by atoms with Crippen LogP contribution in [0, 0.1) is 0 Å². The second-order valence-corrected chi connectivity index (χ2v) is 13.1. The lowest BCUT2D eigenvalue weighted by atomic mass is 9.85. The monoisotopic (exact) mass is 612 g/mol. The van der Waals surface area contributed by atoms with E-state index in [9.17, 15) is 0 Å². The quantitative estimate of drug-likeness (QED) is 0.182. The van der Waals surface area contributed by atoms with Crippen molar-refractivity contribution in [1.82, 2.24) is 0 Å².